The first-order chi connectivity index (χ1) is 18.9. The van der Waals surface area contributed by atoms with E-state index in [9.17, 15) is 9.59 Å². The van der Waals surface area contributed by atoms with Crippen LogP contribution in [0.1, 0.15) is 46.9 Å². The maximum absolute atomic E-state index is 13.6. The summed E-state index contributed by atoms with van der Waals surface area (Å²) in [5.41, 5.74) is 10.6. The minimum atomic E-state index is -0.717. The number of primary amides is 1. The van der Waals surface area contributed by atoms with Crippen LogP contribution in [0, 0.1) is 25.2 Å². The van der Waals surface area contributed by atoms with E-state index < -0.39 is 18.0 Å². The summed E-state index contributed by atoms with van der Waals surface area (Å²) in [6.07, 6.45) is 0. The Kier molecular flexibility index (Phi) is 8.42. The van der Waals surface area contributed by atoms with Gasteiger partial charge in [0.15, 0.2) is 0 Å². The number of ether oxygens (including phenoxy) is 1. The molecule has 8 nitrogen and oxygen atoms in total. The Balaban J connectivity index is 2.04. The predicted octanol–water partition coefficient (Wildman–Crippen LogP) is 6.99. The SMILES string of the molecule is COc1ccc(C(N)=O)cc1N/C(=C1\C(=N)NC(=O)N(c2cc(Cl)ccc2C)C1c1ccc(Cl)cc1C)C(C)C. The molecule has 1 unspecified atom stereocenters. The zero-order valence-corrected chi connectivity index (χ0v) is 24.4. The number of hydrogen-bond donors (Lipinski definition) is 4. The Hall–Kier alpha value is -4.01. The summed E-state index contributed by atoms with van der Waals surface area (Å²) in [5.74, 6) is -0.303. The van der Waals surface area contributed by atoms with Crippen molar-refractivity contribution in [2.45, 2.75) is 33.7 Å². The lowest BCUT2D eigenvalue weighted by Crippen LogP contribution is -2.53. The lowest BCUT2D eigenvalue weighted by atomic mass is 9.86. The van der Waals surface area contributed by atoms with E-state index in [-0.39, 0.29) is 11.8 Å². The highest BCUT2D eigenvalue weighted by Gasteiger charge is 2.41. The van der Waals surface area contributed by atoms with Crippen LogP contribution in [0.25, 0.3) is 0 Å². The number of urea groups is 1. The van der Waals surface area contributed by atoms with Gasteiger partial charge >= 0.3 is 6.03 Å². The standard InChI is InChI=1S/C30H31Cl2N5O3/c1-15(2)26(35-22-13-18(29(34)38)7-11-24(22)40-5)25-27(21-10-9-19(31)12-17(21)4)37(30(39)36-28(25)33)23-14-20(32)8-6-16(23)3/h6-15,27,35H,1-5H3,(H2,34,38)(H2,33,36,39)/b26-25-. The van der Waals surface area contributed by atoms with Crippen LogP contribution in [0.15, 0.2) is 65.9 Å². The van der Waals surface area contributed by atoms with Crippen LogP contribution in [0.4, 0.5) is 16.2 Å². The predicted molar refractivity (Wildman–Crippen MR) is 161 cm³/mol. The monoisotopic (exact) mass is 579 g/mol. The number of amides is 3. The zero-order valence-electron chi connectivity index (χ0n) is 22.9. The van der Waals surface area contributed by atoms with E-state index in [1.165, 1.54) is 7.11 Å². The third-order valence-corrected chi connectivity index (χ3v) is 7.30. The number of aryl methyl sites for hydroxylation is 2. The summed E-state index contributed by atoms with van der Waals surface area (Å²) in [5, 5.41) is 16.2. The fourth-order valence-corrected chi connectivity index (χ4v) is 5.25. The molecule has 4 rings (SSSR count). The molecule has 3 aromatic rings. The number of hydrogen-bond acceptors (Lipinski definition) is 5. The molecule has 0 bridgehead atoms. The van der Waals surface area contributed by atoms with Crippen molar-refractivity contribution in [3.8, 4) is 5.75 Å². The molecule has 1 atom stereocenters. The highest BCUT2D eigenvalue weighted by Crippen LogP contribution is 2.42. The molecule has 0 aromatic heterocycles. The molecule has 3 amide bonds. The fourth-order valence-electron chi connectivity index (χ4n) is 4.86. The first kappa shape index (κ1) is 29.0. The minimum absolute atomic E-state index is 0.0542. The highest BCUT2D eigenvalue weighted by atomic mass is 35.5. The summed E-state index contributed by atoms with van der Waals surface area (Å²) >= 11 is 12.7. The summed E-state index contributed by atoms with van der Waals surface area (Å²) < 4.78 is 5.55. The molecule has 0 radical (unpaired) electrons. The van der Waals surface area contributed by atoms with Gasteiger partial charge in [0.05, 0.1) is 24.5 Å². The summed E-state index contributed by atoms with van der Waals surface area (Å²) in [7, 11) is 1.53. The van der Waals surface area contributed by atoms with Crippen molar-refractivity contribution < 1.29 is 14.3 Å². The normalized spacial score (nSPS) is 16.6. The van der Waals surface area contributed by atoms with Gasteiger partial charge in [0.2, 0.25) is 5.91 Å². The second-order valence-corrected chi connectivity index (χ2v) is 10.8. The number of amidine groups is 1. The molecule has 1 aliphatic rings. The van der Waals surface area contributed by atoms with Gasteiger partial charge in [-0.1, -0.05) is 49.2 Å². The zero-order chi connectivity index (χ0) is 29.3. The number of nitrogens with zero attached hydrogens (tertiary/aromatic N) is 1. The second-order valence-electron chi connectivity index (χ2n) is 9.90. The van der Waals surface area contributed by atoms with Crippen molar-refractivity contribution in [2.75, 3.05) is 17.3 Å². The molecule has 0 aliphatic carbocycles. The summed E-state index contributed by atoms with van der Waals surface area (Å²) in [6, 6.07) is 14.5. The van der Waals surface area contributed by atoms with Crippen molar-refractivity contribution in [1.29, 1.82) is 5.41 Å². The van der Waals surface area contributed by atoms with Crippen LogP contribution in [-0.2, 0) is 0 Å². The maximum Gasteiger partial charge on any atom is 0.328 e. The van der Waals surface area contributed by atoms with E-state index in [4.69, 9.17) is 39.1 Å². The van der Waals surface area contributed by atoms with Crippen molar-refractivity contribution in [3.63, 3.8) is 0 Å². The van der Waals surface area contributed by atoms with E-state index >= 15 is 0 Å². The highest BCUT2D eigenvalue weighted by molar-refractivity contribution is 6.31. The number of methoxy groups -OCH3 is 1. The Labute approximate surface area is 243 Å². The lowest BCUT2D eigenvalue weighted by Gasteiger charge is -2.41. The van der Waals surface area contributed by atoms with Gasteiger partial charge in [0.1, 0.15) is 11.6 Å². The van der Waals surface area contributed by atoms with Gasteiger partial charge in [0, 0.05) is 26.9 Å². The van der Waals surface area contributed by atoms with E-state index in [1.54, 1.807) is 41.3 Å². The molecule has 1 saturated heterocycles. The quantitative estimate of drug-likeness (QED) is 0.241. The van der Waals surface area contributed by atoms with Gasteiger partial charge in [-0.15, -0.1) is 0 Å². The average molecular weight is 581 g/mol. The number of benzene rings is 3. The molecule has 208 valence electrons. The van der Waals surface area contributed by atoms with Crippen LogP contribution >= 0.6 is 23.2 Å². The van der Waals surface area contributed by atoms with Gasteiger partial charge in [0.25, 0.3) is 0 Å². The lowest BCUT2D eigenvalue weighted by molar-refractivity contribution is 0.1000. The molecule has 1 heterocycles. The van der Waals surface area contributed by atoms with Gasteiger partial charge in [-0.3, -0.25) is 20.4 Å². The van der Waals surface area contributed by atoms with E-state index in [0.717, 1.165) is 16.7 Å². The van der Waals surface area contributed by atoms with Crippen LogP contribution in [-0.4, -0.2) is 24.9 Å². The maximum atomic E-state index is 13.6. The second kappa shape index (κ2) is 11.6. The Morgan fingerprint density at radius 2 is 1.73 bits per heavy atom. The molecule has 10 heteroatoms. The summed E-state index contributed by atoms with van der Waals surface area (Å²) in [4.78, 5) is 27.2. The molecule has 5 N–H and O–H groups in total. The van der Waals surface area contributed by atoms with Crippen LogP contribution in [0.5, 0.6) is 5.75 Å². The van der Waals surface area contributed by atoms with Gasteiger partial charge in [-0.25, -0.2) is 4.79 Å². The van der Waals surface area contributed by atoms with E-state index in [2.05, 4.69) is 10.6 Å². The Morgan fingerprint density at radius 3 is 2.35 bits per heavy atom. The third-order valence-electron chi connectivity index (χ3n) is 6.83. The Morgan fingerprint density at radius 1 is 1.05 bits per heavy atom. The van der Waals surface area contributed by atoms with Crippen molar-refractivity contribution in [2.24, 2.45) is 11.7 Å². The van der Waals surface area contributed by atoms with E-state index in [1.807, 2.05) is 45.9 Å². The van der Waals surface area contributed by atoms with Crippen LogP contribution in [0.2, 0.25) is 10.0 Å². The number of anilines is 2. The molecule has 0 saturated carbocycles. The fraction of sp³-hybridized carbons (Fsp3) is 0.233. The number of allylic oxidation sites excluding steroid dienone is 1. The van der Waals surface area contributed by atoms with Crippen molar-refractivity contribution in [3.05, 3.63) is 98.2 Å². The van der Waals surface area contributed by atoms with Crippen molar-refractivity contribution >= 4 is 52.4 Å². The van der Waals surface area contributed by atoms with Gasteiger partial charge < -0.3 is 15.8 Å². The molecular formula is C30H31Cl2N5O3. The number of halogens is 2. The number of carbonyl (C=O) groups is 2. The smallest absolute Gasteiger partial charge is 0.328 e. The number of nitrogens with one attached hydrogen (secondary N) is 3. The largest absolute Gasteiger partial charge is 0.495 e. The first-order valence-corrected chi connectivity index (χ1v) is 13.4. The van der Waals surface area contributed by atoms with Crippen molar-refractivity contribution in [1.82, 2.24) is 5.32 Å². The van der Waals surface area contributed by atoms with Crippen LogP contribution < -0.4 is 26.0 Å². The minimum Gasteiger partial charge on any atom is -0.495 e. The molecule has 40 heavy (non-hydrogen) atoms. The molecular weight excluding hydrogens is 549 g/mol. The molecule has 0 spiro atoms. The number of carbonyl (C=O) groups excluding carboxylic acids is 2. The number of rotatable bonds is 7. The van der Waals surface area contributed by atoms with Gasteiger partial charge in [-0.2, -0.15) is 0 Å². The number of nitrogens with two attached hydrogens (primary N) is 1. The molecule has 1 aliphatic heterocycles. The molecule has 1 fully saturated rings. The molecule has 3 aromatic carbocycles. The van der Waals surface area contributed by atoms with Gasteiger partial charge in [-0.05, 0) is 78.9 Å². The first-order valence-electron chi connectivity index (χ1n) is 12.6. The average Bonchev–Trinajstić information content (AvgIpc) is 2.89. The third kappa shape index (κ3) is 5.64. The topological polar surface area (TPSA) is 121 Å². The summed E-state index contributed by atoms with van der Waals surface area (Å²) in [6.45, 7) is 7.77. The van der Waals surface area contributed by atoms with Crippen LogP contribution in [0.3, 0.4) is 0 Å². The van der Waals surface area contributed by atoms with E-state index in [0.29, 0.717) is 44.0 Å². The Bertz CT molecular complexity index is 1550.